The van der Waals surface area contributed by atoms with Crippen molar-refractivity contribution in [3.05, 3.63) is 88.7 Å². The number of aromatic nitrogens is 3. The molecule has 5 rings (SSSR count). The maximum absolute atomic E-state index is 14.2. The fourth-order valence-electron chi connectivity index (χ4n) is 3.38. The minimum atomic E-state index is -0.812. The highest BCUT2D eigenvalue weighted by molar-refractivity contribution is 7.22. The van der Waals surface area contributed by atoms with E-state index < -0.39 is 23.3 Å². The first-order chi connectivity index (χ1) is 15.5. The Morgan fingerprint density at radius 3 is 2.81 bits per heavy atom. The summed E-state index contributed by atoms with van der Waals surface area (Å²) in [6, 6.07) is 12.2. The third kappa shape index (κ3) is 3.65. The molecule has 0 fully saturated rings. The van der Waals surface area contributed by atoms with Crippen molar-refractivity contribution in [3.8, 4) is 0 Å². The molecule has 0 spiro atoms. The lowest BCUT2D eigenvalue weighted by Gasteiger charge is -2.20. The number of carbonyl (C=O) groups excluding carboxylic acids is 1. The predicted octanol–water partition coefficient (Wildman–Crippen LogP) is 4.11. The Morgan fingerprint density at radius 1 is 1.16 bits per heavy atom. The highest BCUT2D eigenvalue weighted by atomic mass is 32.1. The second-order valence-electron chi connectivity index (χ2n) is 6.99. The van der Waals surface area contributed by atoms with Crippen molar-refractivity contribution in [1.29, 1.82) is 0 Å². The molecule has 0 radical (unpaired) electrons. The molecule has 0 aliphatic carbocycles. The topological polar surface area (TPSA) is 81.2 Å². The Labute approximate surface area is 183 Å². The first kappa shape index (κ1) is 20.0. The molecule has 0 N–H and O–H groups in total. The number of amides is 1. The molecule has 0 saturated heterocycles. The number of pyridine rings is 1. The van der Waals surface area contributed by atoms with Crippen LogP contribution in [0.4, 0.5) is 13.9 Å². The Bertz CT molecular complexity index is 1510. The van der Waals surface area contributed by atoms with E-state index in [1.807, 2.05) is 0 Å². The quantitative estimate of drug-likeness (QED) is 0.401. The van der Waals surface area contributed by atoms with Crippen LogP contribution in [0.3, 0.4) is 0 Å². The van der Waals surface area contributed by atoms with Crippen molar-refractivity contribution in [2.75, 3.05) is 4.90 Å². The first-order valence-corrected chi connectivity index (χ1v) is 10.3. The Hall–Kier alpha value is -3.92. The highest BCUT2D eigenvalue weighted by Crippen LogP contribution is 2.32. The molecule has 1 amide bonds. The number of rotatable bonds is 5. The molecule has 3 heterocycles. The van der Waals surface area contributed by atoms with Gasteiger partial charge in [-0.2, -0.15) is 0 Å². The summed E-state index contributed by atoms with van der Waals surface area (Å²) in [5.41, 5.74) is 1.52. The second kappa shape index (κ2) is 7.97. The van der Waals surface area contributed by atoms with Gasteiger partial charge in [-0.3, -0.25) is 19.2 Å². The van der Waals surface area contributed by atoms with Gasteiger partial charge in [-0.25, -0.2) is 18.6 Å². The number of hydrogen-bond donors (Lipinski definition) is 0. The number of nitrogens with zero attached hydrogens (tertiary/aromatic N) is 4. The van der Waals surface area contributed by atoms with Crippen molar-refractivity contribution >= 4 is 43.7 Å². The molecular weight excluding hydrogens is 438 g/mol. The number of thiazole rings is 1. The lowest BCUT2D eigenvalue weighted by molar-refractivity contribution is -0.119. The zero-order chi connectivity index (χ0) is 22.2. The molecule has 10 heteroatoms. The first-order valence-electron chi connectivity index (χ1n) is 9.53. The van der Waals surface area contributed by atoms with Crippen LogP contribution in [0.5, 0.6) is 0 Å². The van der Waals surface area contributed by atoms with Gasteiger partial charge in [0.05, 0.1) is 16.8 Å². The third-order valence-corrected chi connectivity index (χ3v) is 5.89. The summed E-state index contributed by atoms with van der Waals surface area (Å²) < 4.78 is 34.6. The zero-order valence-electron chi connectivity index (χ0n) is 16.4. The van der Waals surface area contributed by atoms with Crippen molar-refractivity contribution in [2.45, 2.75) is 13.1 Å². The Balaban J connectivity index is 1.56. The van der Waals surface area contributed by atoms with E-state index in [2.05, 4.69) is 9.97 Å². The largest absolute Gasteiger partial charge is 0.420 e. The predicted molar refractivity (Wildman–Crippen MR) is 115 cm³/mol. The molecular formula is C22H14F2N4O3S. The number of oxazole rings is 1. The van der Waals surface area contributed by atoms with Gasteiger partial charge in [-0.15, -0.1) is 0 Å². The van der Waals surface area contributed by atoms with Crippen LogP contribution in [0.25, 0.3) is 21.3 Å². The number of fused-ring (bicyclic) bond motifs is 2. The highest BCUT2D eigenvalue weighted by Gasteiger charge is 2.24. The molecule has 0 aliphatic heterocycles. The maximum Gasteiger partial charge on any atom is 0.420 e. The fourth-order valence-corrected chi connectivity index (χ4v) is 4.40. The molecule has 0 bridgehead atoms. The van der Waals surface area contributed by atoms with Crippen LogP contribution < -0.4 is 10.7 Å². The van der Waals surface area contributed by atoms with Crippen molar-refractivity contribution in [1.82, 2.24) is 14.5 Å². The lowest BCUT2D eigenvalue weighted by Crippen LogP contribution is -2.35. The smallest absolute Gasteiger partial charge is 0.408 e. The SMILES string of the molecule is O=C(Cn1c(=O)oc2ccccc21)N(Cc1cccnc1)c1nc2c(F)cc(F)cc2s1. The molecule has 0 unspecified atom stereocenters. The van der Waals surface area contributed by atoms with Crippen LogP contribution in [-0.4, -0.2) is 20.4 Å². The number of carbonyl (C=O) groups is 1. The van der Waals surface area contributed by atoms with Gasteiger partial charge < -0.3 is 4.42 Å². The summed E-state index contributed by atoms with van der Waals surface area (Å²) in [4.78, 5) is 35.3. The summed E-state index contributed by atoms with van der Waals surface area (Å²) in [5, 5.41) is 0.180. The number of halogens is 2. The number of para-hydroxylation sites is 2. The second-order valence-corrected chi connectivity index (χ2v) is 8.00. The molecule has 0 atom stereocenters. The summed E-state index contributed by atoms with van der Waals surface area (Å²) >= 11 is 0.984. The Morgan fingerprint density at radius 2 is 2.00 bits per heavy atom. The third-order valence-electron chi connectivity index (χ3n) is 4.86. The van der Waals surface area contributed by atoms with Gasteiger partial charge in [0, 0.05) is 18.5 Å². The van der Waals surface area contributed by atoms with Gasteiger partial charge in [-0.1, -0.05) is 29.5 Å². The summed E-state index contributed by atoms with van der Waals surface area (Å²) in [6.45, 7) is -0.232. The van der Waals surface area contributed by atoms with Gasteiger partial charge in [-0.05, 0) is 29.8 Å². The zero-order valence-corrected chi connectivity index (χ0v) is 17.2. The van der Waals surface area contributed by atoms with E-state index in [4.69, 9.17) is 4.42 Å². The number of anilines is 1. The van der Waals surface area contributed by atoms with E-state index in [0.29, 0.717) is 16.7 Å². The van der Waals surface area contributed by atoms with Crippen molar-refractivity contribution in [2.24, 2.45) is 0 Å². The van der Waals surface area contributed by atoms with Crippen LogP contribution in [0.1, 0.15) is 5.56 Å². The van der Waals surface area contributed by atoms with Crippen LogP contribution in [0.2, 0.25) is 0 Å². The minimum Gasteiger partial charge on any atom is -0.408 e. The standard InChI is InChI=1S/C22H14F2N4O3S/c23-14-8-15(24)20-18(9-14)32-21(26-20)28(11-13-4-3-7-25-10-13)19(29)12-27-16-5-1-2-6-17(16)31-22(27)30/h1-10H,11-12H2. The van der Waals surface area contributed by atoms with Crippen LogP contribution in [0.15, 0.2) is 70.1 Å². The van der Waals surface area contributed by atoms with Gasteiger partial charge in [0.15, 0.2) is 16.5 Å². The van der Waals surface area contributed by atoms with Crippen LogP contribution in [0, 0.1) is 11.6 Å². The van der Waals surface area contributed by atoms with E-state index in [-0.39, 0.29) is 28.4 Å². The van der Waals surface area contributed by atoms with Crippen LogP contribution in [-0.2, 0) is 17.9 Å². The number of hydrogen-bond acceptors (Lipinski definition) is 6. The number of benzene rings is 2. The van der Waals surface area contributed by atoms with E-state index in [1.54, 1.807) is 48.8 Å². The monoisotopic (exact) mass is 452 g/mol. The van der Waals surface area contributed by atoms with E-state index in [9.17, 15) is 18.4 Å². The molecule has 3 aromatic heterocycles. The molecule has 5 aromatic rings. The Kier molecular flexibility index (Phi) is 4.98. The van der Waals surface area contributed by atoms with Crippen molar-refractivity contribution in [3.63, 3.8) is 0 Å². The van der Waals surface area contributed by atoms with Gasteiger partial charge >= 0.3 is 5.76 Å². The van der Waals surface area contributed by atoms with Gasteiger partial charge in [0.2, 0.25) is 5.91 Å². The molecule has 7 nitrogen and oxygen atoms in total. The lowest BCUT2D eigenvalue weighted by atomic mass is 10.2. The van der Waals surface area contributed by atoms with Gasteiger partial charge in [0.1, 0.15) is 17.9 Å². The van der Waals surface area contributed by atoms with E-state index in [0.717, 1.165) is 17.4 Å². The van der Waals surface area contributed by atoms with Crippen molar-refractivity contribution < 1.29 is 18.0 Å². The normalized spacial score (nSPS) is 11.3. The summed E-state index contributed by atoms with van der Waals surface area (Å²) in [7, 11) is 0. The average Bonchev–Trinajstić information content (AvgIpc) is 3.34. The molecule has 0 saturated carbocycles. The summed E-state index contributed by atoms with van der Waals surface area (Å²) in [5.74, 6) is -2.68. The van der Waals surface area contributed by atoms with Gasteiger partial charge in [0.25, 0.3) is 0 Å². The molecule has 160 valence electrons. The minimum absolute atomic E-state index is 0.0266. The van der Waals surface area contributed by atoms with E-state index in [1.165, 1.54) is 15.5 Å². The average molecular weight is 452 g/mol. The van der Waals surface area contributed by atoms with E-state index >= 15 is 0 Å². The van der Waals surface area contributed by atoms with Crippen LogP contribution >= 0.6 is 11.3 Å². The molecule has 2 aromatic carbocycles. The fraction of sp³-hybridized carbons (Fsp3) is 0.0909. The summed E-state index contributed by atoms with van der Waals surface area (Å²) in [6.07, 6.45) is 3.19. The molecule has 32 heavy (non-hydrogen) atoms. The maximum atomic E-state index is 14.2. The molecule has 0 aliphatic rings.